The van der Waals surface area contributed by atoms with Crippen LogP contribution in [0.3, 0.4) is 0 Å². The molecular formula is C15H17NO3S. The fourth-order valence-corrected chi connectivity index (χ4v) is 2.88. The van der Waals surface area contributed by atoms with Gasteiger partial charge in [-0.25, -0.2) is 8.42 Å². The van der Waals surface area contributed by atoms with Crippen molar-refractivity contribution in [2.45, 2.75) is 25.2 Å². The number of phenols is 1. The minimum Gasteiger partial charge on any atom is -0.506 e. The molecule has 0 unspecified atom stereocenters. The largest absolute Gasteiger partial charge is 0.506 e. The van der Waals surface area contributed by atoms with E-state index in [0.29, 0.717) is 0 Å². The summed E-state index contributed by atoms with van der Waals surface area (Å²) in [5.74, 6) is -0.0694. The first-order chi connectivity index (χ1) is 9.42. The Bertz CT molecular complexity index is 706. The molecular weight excluding hydrogens is 274 g/mol. The smallest absolute Gasteiger partial charge is 0.262 e. The van der Waals surface area contributed by atoms with Gasteiger partial charge >= 0.3 is 0 Å². The first-order valence-corrected chi connectivity index (χ1v) is 7.82. The number of phenolic OH excluding ortho intramolecular Hbond substituents is 1. The number of rotatable bonds is 4. The normalized spacial score (nSPS) is 11.3. The van der Waals surface area contributed by atoms with Crippen LogP contribution >= 0.6 is 0 Å². The van der Waals surface area contributed by atoms with Crippen molar-refractivity contribution in [2.24, 2.45) is 0 Å². The highest BCUT2D eigenvalue weighted by Gasteiger charge is 2.15. The molecule has 0 aliphatic heterocycles. The lowest BCUT2D eigenvalue weighted by molar-refractivity contribution is 0.477. The lowest BCUT2D eigenvalue weighted by atomic mass is 10.1. The highest BCUT2D eigenvalue weighted by Crippen LogP contribution is 2.27. The van der Waals surface area contributed by atoms with Crippen LogP contribution < -0.4 is 4.72 Å². The van der Waals surface area contributed by atoms with Crippen molar-refractivity contribution < 1.29 is 13.5 Å². The molecule has 0 atom stereocenters. The van der Waals surface area contributed by atoms with Crippen LogP contribution in [-0.2, 0) is 16.4 Å². The minimum atomic E-state index is -3.68. The molecule has 0 saturated carbocycles. The van der Waals surface area contributed by atoms with E-state index in [9.17, 15) is 13.5 Å². The van der Waals surface area contributed by atoms with Gasteiger partial charge in [-0.1, -0.05) is 30.7 Å². The molecule has 4 nitrogen and oxygen atoms in total. The van der Waals surface area contributed by atoms with Gasteiger partial charge in [0.1, 0.15) is 5.75 Å². The van der Waals surface area contributed by atoms with Gasteiger partial charge in [0.2, 0.25) is 0 Å². The molecule has 0 bridgehead atoms. The molecule has 20 heavy (non-hydrogen) atoms. The Balaban J connectivity index is 2.31. The Morgan fingerprint density at radius 3 is 2.30 bits per heavy atom. The highest BCUT2D eigenvalue weighted by atomic mass is 32.2. The molecule has 2 rings (SSSR count). The maximum absolute atomic E-state index is 12.2. The molecule has 106 valence electrons. The zero-order valence-corrected chi connectivity index (χ0v) is 12.2. The van der Waals surface area contributed by atoms with Gasteiger partial charge in [0.05, 0.1) is 10.6 Å². The molecule has 0 aliphatic carbocycles. The van der Waals surface area contributed by atoms with E-state index in [0.717, 1.165) is 17.5 Å². The molecule has 5 heteroatoms. The summed E-state index contributed by atoms with van der Waals surface area (Å²) < 4.78 is 26.8. The van der Waals surface area contributed by atoms with E-state index in [4.69, 9.17) is 0 Å². The summed E-state index contributed by atoms with van der Waals surface area (Å²) in [5, 5.41) is 9.85. The van der Waals surface area contributed by atoms with Crippen LogP contribution in [0.25, 0.3) is 0 Å². The Morgan fingerprint density at radius 1 is 1.10 bits per heavy atom. The van der Waals surface area contributed by atoms with E-state index in [1.165, 1.54) is 12.1 Å². The van der Waals surface area contributed by atoms with Crippen molar-refractivity contribution >= 4 is 15.7 Å². The van der Waals surface area contributed by atoms with Crippen LogP contribution in [0.1, 0.15) is 18.1 Å². The number of aromatic hydroxyl groups is 1. The SMILES string of the molecule is CCc1ccc(NS(=O)(=O)c2ccc(C)cc2)c(O)c1. The molecule has 2 N–H and O–H groups in total. The van der Waals surface area contributed by atoms with Crippen molar-refractivity contribution in [2.75, 3.05) is 4.72 Å². The summed E-state index contributed by atoms with van der Waals surface area (Å²) in [5.41, 5.74) is 2.11. The van der Waals surface area contributed by atoms with Crippen LogP contribution in [0, 0.1) is 6.92 Å². The number of anilines is 1. The molecule has 0 heterocycles. The van der Waals surface area contributed by atoms with E-state index in [2.05, 4.69) is 4.72 Å². The van der Waals surface area contributed by atoms with Crippen LogP contribution in [0.4, 0.5) is 5.69 Å². The number of hydrogen-bond donors (Lipinski definition) is 2. The molecule has 0 amide bonds. The molecule has 0 aromatic heterocycles. The fraction of sp³-hybridized carbons (Fsp3) is 0.200. The third kappa shape index (κ3) is 3.11. The van der Waals surface area contributed by atoms with Crippen LogP contribution in [0.2, 0.25) is 0 Å². The highest BCUT2D eigenvalue weighted by molar-refractivity contribution is 7.92. The van der Waals surface area contributed by atoms with Crippen LogP contribution in [0.15, 0.2) is 47.4 Å². The Hall–Kier alpha value is -2.01. The summed E-state index contributed by atoms with van der Waals surface area (Å²) in [4.78, 5) is 0.169. The van der Waals surface area contributed by atoms with Crippen molar-refractivity contribution in [1.29, 1.82) is 0 Å². The van der Waals surface area contributed by atoms with Gasteiger partial charge < -0.3 is 5.11 Å². The maximum atomic E-state index is 12.2. The maximum Gasteiger partial charge on any atom is 0.262 e. The third-order valence-corrected chi connectivity index (χ3v) is 4.43. The van der Waals surface area contributed by atoms with Gasteiger partial charge in [-0.2, -0.15) is 0 Å². The summed E-state index contributed by atoms with van der Waals surface area (Å²) in [6, 6.07) is 11.5. The van der Waals surface area contributed by atoms with Crippen molar-refractivity contribution in [3.63, 3.8) is 0 Å². The zero-order chi connectivity index (χ0) is 14.8. The second-order valence-corrected chi connectivity index (χ2v) is 6.31. The van der Waals surface area contributed by atoms with Gasteiger partial charge in [-0.05, 0) is 43.2 Å². The van der Waals surface area contributed by atoms with Gasteiger partial charge in [-0.3, -0.25) is 4.72 Å². The predicted molar refractivity (Wildman–Crippen MR) is 79.5 cm³/mol. The average molecular weight is 291 g/mol. The number of aryl methyl sites for hydroxylation is 2. The summed E-state index contributed by atoms with van der Waals surface area (Å²) >= 11 is 0. The third-order valence-electron chi connectivity index (χ3n) is 3.05. The van der Waals surface area contributed by atoms with Crippen molar-refractivity contribution in [3.05, 3.63) is 53.6 Å². The van der Waals surface area contributed by atoms with Gasteiger partial charge in [0, 0.05) is 0 Å². The van der Waals surface area contributed by atoms with Gasteiger partial charge in [0.25, 0.3) is 10.0 Å². The Kier molecular flexibility index (Phi) is 3.99. The molecule has 2 aromatic rings. The van der Waals surface area contributed by atoms with Gasteiger partial charge in [0.15, 0.2) is 0 Å². The Morgan fingerprint density at radius 2 is 1.75 bits per heavy atom. The van der Waals surface area contributed by atoms with E-state index >= 15 is 0 Å². The van der Waals surface area contributed by atoms with Crippen LogP contribution in [-0.4, -0.2) is 13.5 Å². The monoisotopic (exact) mass is 291 g/mol. The molecule has 2 aromatic carbocycles. The summed E-state index contributed by atoms with van der Waals surface area (Å²) in [6.07, 6.45) is 0.776. The quantitative estimate of drug-likeness (QED) is 0.851. The number of hydrogen-bond acceptors (Lipinski definition) is 3. The Labute approximate surface area is 119 Å². The zero-order valence-electron chi connectivity index (χ0n) is 11.4. The predicted octanol–water partition coefficient (Wildman–Crippen LogP) is 3.06. The van der Waals surface area contributed by atoms with E-state index in [1.807, 2.05) is 13.8 Å². The van der Waals surface area contributed by atoms with Crippen LogP contribution in [0.5, 0.6) is 5.75 Å². The molecule has 0 radical (unpaired) electrons. The lowest BCUT2D eigenvalue weighted by Gasteiger charge is -2.10. The number of nitrogens with one attached hydrogen (secondary N) is 1. The second kappa shape index (κ2) is 5.54. The standard InChI is InChI=1S/C15H17NO3S/c1-3-12-6-9-14(15(17)10-12)16-20(18,19)13-7-4-11(2)5-8-13/h4-10,16-17H,3H2,1-2H3. The molecule has 0 spiro atoms. The lowest BCUT2D eigenvalue weighted by Crippen LogP contribution is -2.13. The van der Waals surface area contributed by atoms with E-state index in [-0.39, 0.29) is 16.3 Å². The first-order valence-electron chi connectivity index (χ1n) is 6.34. The molecule has 0 saturated heterocycles. The second-order valence-electron chi connectivity index (χ2n) is 4.62. The van der Waals surface area contributed by atoms with Crippen molar-refractivity contribution in [3.8, 4) is 5.75 Å². The molecule has 0 fully saturated rings. The number of sulfonamides is 1. The first kappa shape index (κ1) is 14.4. The summed E-state index contributed by atoms with van der Waals surface area (Å²) in [6.45, 7) is 3.85. The summed E-state index contributed by atoms with van der Waals surface area (Å²) in [7, 11) is -3.68. The van der Waals surface area contributed by atoms with E-state index < -0.39 is 10.0 Å². The van der Waals surface area contributed by atoms with Gasteiger partial charge in [-0.15, -0.1) is 0 Å². The molecule has 0 aliphatic rings. The minimum absolute atomic E-state index is 0.0694. The topological polar surface area (TPSA) is 66.4 Å². The number of benzene rings is 2. The average Bonchev–Trinajstić information content (AvgIpc) is 2.41. The van der Waals surface area contributed by atoms with E-state index in [1.54, 1.807) is 30.3 Å². The van der Waals surface area contributed by atoms with Crippen molar-refractivity contribution in [1.82, 2.24) is 0 Å². The fourth-order valence-electron chi connectivity index (χ4n) is 1.80.